The Kier molecular flexibility index (Phi) is 34.8. The normalized spacial score (nSPS) is 16.3. The molecule has 0 saturated carbocycles. The van der Waals surface area contributed by atoms with Gasteiger partial charge in [-0.2, -0.15) is 8.42 Å². The number of benzene rings is 4. The van der Waals surface area contributed by atoms with Gasteiger partial charge >= 0.3 is 10.2 Å². The smallest absolute Gasteiger partial charge is 0.332 e. The molecule has 0 radical (unpaired) electrons. The minimum atomic E-state index is -4.86. The van der Waals surface area contributed by atoms with E-state index in [1.165, 1.54) is 21.9 Å². The number of halogens is 1. The zero-order chi connectivity index (χ0) is 68.9. The summed E-state index contributed by atoms with van der Waals surface area (Å²) in [5.74, 6) is -1.26. The number of carbonyl (C=O) groups excluding carboxylic acids is 6. The third-order valence-corrected chi connectivity index (χ3v) is 19.3. The van der Waals surface area contributed by atoms with Crippen LogP contribution in [0, 0.1) is 0 Å². The number of nitrogens with one attached hydrogen (secondary N) is 3. The average Bonchev–Trinajstić information content (AvgIpc) is 0.738. The van der Waals surface area contributed by atoms with E-state index < -0.39 is 32.6 Å². The van der Waals surface area contributed by atoms with Crippen LogP contribution in [0.2, 0.25) is 0 Å². The second kappa shape index (κ2) is 41.9. The molecule has 23 nitrogen and oxygen atoms in total. The molecule has 0 unspecified atom stereocenters. The Bertz CT molecular complexity index is 3190. The highest BCUT2D eigenvalue weighted by atomic mass is 32.3. The van der Waals surface area contributed by atoms with Gasteiger partial charge < -0.3 is 62.1 Å². The van der Waals surface area contributed by atoms with Crippen molar-refractivity contribution < 1.29 is 55.3 Å². The Balaban J connectivity index is 0.00000867. The van der Waals surface area contributed by atoms with E-state index in [4.69, 9.17) is 36.9 Å². The third kappa shape index (κ3) is 23.7. The Morgan fingerprint density at radius 1 is 0.582 bits per heavy atom. The molecule has 1 fully saturated rings. The standard InChI is InChI=1S/C71H101FN12O11S.2CH4/c1-82(38-40-93-42-44-95-45-43-94-41-39-83(2)70(90)63-49-55(80-81-76)50-84(63)68(89)32-23-51-21-27-56(28-22-51)96(72,91)92)67(88)33-34-71-60-46-52(77-64(85)18-12-6-3-9-15-35-73)24-29-57(60)69(58-30-25-53(47-61(58)71)78-65(86)19-13-7-4-10-16-36-74)59-31-26-54(48-62(59)71)79-66(87)20-14-8-5-11-17-37-75;;/h21-22,24-31,46-48,55,63,69H,3-20,23,32-45,49-50,73-75H2,1-2H3,(H,77,85)(H,78,86)(H,79,87);2*1H4/t55-,63-,69?,71?;;/m0../s1. The summed E-state index contributed by atoms with van der Waals surface area (Å²) in [6, 6.07) is 22.0. The molecule has 98 heavy (non-hydrogen) atoms. The molecule has 25 heteroatoms. The summed E-state index contributed by atoms with van der Waals surface area (Å²) in [7, 11) is -1.51. The highest BCUT2D eigenvalue weighted by Crippen LogP contribution is 2.62. The fourth-order valence-electron chi connectivity index (χ4n) is 13.3. The number of anilines is 3. The molecule has 540 valence electrons. The molecule has 0 spiro atoms. The second-order valence-corrected chi connectivity index (χ2v) is 26.8. The van der Waals surface area contributed by atoms with Gasteiger partial charge in [0, 0.05) is 99.1 Å². The first-order valence-corrected chi connectivity index (χ1v) is 35.8. The first-order valence-electron chi connectivity index (χ1n) is 34.4. The van der Waals surface area contributed by atoms with Crippen molar-refractivity contribution in [2.45, 2.75) is 191 Å². The first-order chi connectivity index (χ1) is 46.4. The van der Waals surface area contributed by atoms with E-state index in [0.29, 0.717) is 74.5 Å². The molecule has 2 atom stereocenters. The van der Waals surface area contributed by atoms with Gasteiger partial charge in [0.05, 0.1) is 50.6 Å². The molecular formula is C73H109FN12O11S. The van der Waals surface area contributed by atoms with Crippen LogP contribution in [0.3, 0.4) is 0 Å². The summed E-state index contributed by atoms with van der Waals surface area (Å²) >= 11 is 0. The van der Waals surface area contributed by atoms with E-state index in [-0.39, 0.29) is 135 Å². The number of likely N-dealkylation sites (tertiary alicyclic amines) is 1. The Morgan fingerprint density at radius 3 is 1.41 bits per heavy atom. The van der Waals surface area contributed by atoms with E-state index in [2.05, 4.69) is 62.4 Å². The first kappa shape index (κ1) is 81.3. The van der Waals surface area contributed by atoms with Crippen molar-refractivity contribution in [1.29, 1.82) is 0 Å². The molecule has 3 aliphatic carbocycles. The number of likely N-dealkylation sites (N-methyl/N-ethyl adjacent to an activating group) is 2. The molecule has 4 aliphatic rings. The number of carbonyl (C=O) groups is 6. The molecule has 1 saturated heterocycles. The molecule has 6 amide bonds. The van der Waals surface area contributed by atoms with Crippen molar-refractivity contribution in [2.24, 2.45) is 22.3 Å². The van der Waals surface area contributed by atoms with E-state index in [9.17, 15) is 41.1 Å². The number of hydrogen-bond acceptors (Lipinski definition) is 15. The molecule has 4 aromatic rings. The lowest BCUT2D eigenvalue weighted by Crippen LogP contribution is -2.47. The topological polar surface area (TPSA) is 337 Å². The van der Waals surface area contributed by atoms with Crippen LogP contribution < -0.4 is 33.2 Å². The number of azide groups is 1. The molecule has 9 N–H and O–H groups in total. The lowest BCUT2D eigenvalue weighted by atomic mass is 9.51. The van der Waals surface area contributed by atoms with E-state index >= 15 is 0 Å². The van der Waals surface area contributed by atoms with Gasteiger partial charge in [-0.25, -0.2) is 0 Å². The van der Waals surface area contributed by atoms with Gasteiger partial charge in [0.15, 0.2) is 0 Å². The average molecular weight is 1380 g/mol. The maximum Gasteiger partial charge on any atom is 0.332 e. The predicted molar refractivity (Wildman–Crippen MR) is 383 cm³/mol. The molecule has 8 rings (SSSR count). The number of rotatable bonds is 45. The summed E-state index contributed by atoms with van der Waals surface area (Å²) in [4.78, 5) is 89.4. The van der Waals surface area contributed by atoms with Gasteiger partial charge in [-0.3, -0.25) is 28.8 Å². The molecule has 1 aliphatic heterocycles. The van der Waals surface area contributed by atoms with E-state index in [0.717, 1.165) is 142 Å². The molecule has 4 aromatic carbocycles. The zero-order valence-corrected chi connectivity index (χ0v) is 57.0. The second-order valence-electron chi connectivity index (χ2n) is 25.5. The molecular weight excluding hydrogens is 1270 g/mol. The number of nitrogens with zero attached hydrogens (tertiary/aromatic N) is 6. The third-order valence-electron chi connectivity index (χ3n) is 18.5. The van der Waals surface area contributed by atoms with Crippen molar-refractivity contribution in [1.82, 2.24) is 14.7 Å². The zero-order valence-electron chi connectivity index (χ0n) is 56.2. The summed E-state index contributed by atoms with van der Waals surface area (Å²) in [5.41, 5.74) is 33.8. The minimum Gasteiger partial charge on any atom is -0.377 e. The van der Waals surface area contributed by atoms with Crippen molar-refractivity contribution in [3.8, 4) is 0 Å². The fourth-order valence-corrected chi connectivity index (χ4v) is 13.7. The number of nitrogens with two attached hydrogens (primary N) is 3. The fraction of sp³-hybridized carbons (Fsp3) is 0.589. The van der Waals surface area contributed by atoms with Crippen LogP contribution in [0.4, 0.5) is 20.9 Å². The SMILES string of the molecule is C.C.CN(CCOCCOCCOCCN(C)C(=O)[C@@H]1C[C@H](N=[N+]=[N-])CN1C(=O)CCc1ccc(S(=O)(=O)F)cc1)C(=O)CCC12c3cc(NC(=O)CCCCCCCN)ccc3C(c3ccc(NC(=O)CCCCCCCN)cc31)c1ccc(NC(=O)CCCCCCCN)cc12. The van der Waals surface area contributed by atoms with Gasteiger partial charge in [0.2, 0.25) is 35.4 Å². The largest absolute Gasteiger partial charge is 0.377 e. The van der Waals surface area contributed by atoms with Crippen LogP contribution in [-0.4, -0.2) is 164 Å². The highest BCUT2D eigenvalue weighted by molar-refractivity contribution is 7.86. The number of amides is 6. The molecule has 1 heterocycles. The maximum absolute atomic E-state index is 14.6. The summed E-state index contributed by atoms with van der Waals surface area (Å²) in [5, 5.41) is 13.4. The quantitative estimate of drug-likeness (QED) is 0.00788. The Hall–Kier alpha value is -7.35. The Morgan fingerprint density at radius 2 is 0.990 bits per heavy atom. The highest BCUT2D eigenvalue weighted by Gasteiger charge is 2.52. The van der Waals surface area contributed by atoms with Gasteiger partial charge in [-0.1, -0.05) is 108 Å². The number of aryl methyl sites for hydroxylation is 1. The lowest BCUT2D eigenvalue weighted by molar-refractivity contribution is -0.143. The van der Waals surface area contributed by atoms with Gasteiger partial charge in [-0.05, 0) is 170 Å². The molecule has 2 bridgehead atoms. The number of hydrogen-bond donors (Lipinski definition) is 6. The van der Waals surface area contributed by atoms with Crippen molar-refractivity contribution in [3.05, 3.63) is 128 Å². The van der Waals surface area contributed by atoms with E-state index in [1.807, 2.05) is 18.2 Å². The van der Waals surface area contributed by atoms with Crippen molar-refractivity contribution in [2.75, 3.05) is 109 Å². The summed E-state index contributed by atoms with van der Waals surface area (Å²) in [6.07, 6.45) is 16.0. The van der Waals surface area contributed by atoms with Crippen molar-refractivity contribution in [3.63, 3.8) is 0 Å². The molecule has 0 aromatic heterocycles. The maximum atomic E-state index is 14.6. The summed E-state index contributed by atoms with van der Waals surface area (Å²) in [6.45, 7) is 3.96. The van der Waals surface area contributed by atoms with Gasteiger partial charge in [0.1, 0.15) is 6.04 Å². The Labute approximate surface area is 580 Å². The number of ether oxygens (including phenoxy) is 3. The van der Waals surface area contributed by atoms with Crippen LogP contribution in [-0.2, 0) is 65.0 Å². The lowest BCUT2D eigenvalue weighted by Gasteiger charge is -2.51. The van der Waals surface area contributed by atoms with Gasteiger partial charge in [0.25, 0.3) is 0 Å². The minimum absolute atomic E-state index is 0. The van der Waals surface area contributed by atoms with Crippen LogP contribution in [0.15, 0.2) is 88.9 Å². The van der Waals surface area contributed by atoms with Crippen molar-refractivity contribution >= 4 is 62.7 Å². The van der Waals surface area contributed by atoms with Crippen LogP contribution in [0.5, 0.6) is 0 Å². The predicted octanol–water partition coefficient (Wildman–Crippen LogP) is 11.1. The van der Waals surface area contributed by atoms with Gasteiger partial charge in [-0.15, -0.1) is 3.89 Å². The van der Waals surface area contributed by atoms with Crippen LogP contribution in [0.25, 0.3) is 10.4 Å². The van der Waals surface area contributed by atoms with Crippen LogP contribution in [0.1, 0.15) is 201 Å². The van der Waals surface area contributed by atoms with E-state index in [1.54, 1.807) is 19.0 Å². The number of unbranched alkanes of at least 4 members (excludes halogenated alkanes) is 12. The van der Waals surface area contributed by atoms with Crippen LogP contribution >= 0.6 is 0 Å². The monoisotopic (exact) mass is 1380 g/mol. The summed E-state index contributed by atoms with van der Waals surface area (Å²) < 4.78 is 53.3.